The molecule has 6 heteroatoms. The summed E-state index contributed by atoms with van der Waals surface area (Å²) in [6, 6.07) is 6.91. The van der Waals surface area contributed by atoms with Crippen LogP contribution in [0, 0.1) is 0 Å². The predicted molar refractivity (Wildman–Crippen MR) is 78.7 cm³/mol. The zero-order valence-electron chi connectivity index (χ0n) is 10.4. The van der Waals surface area contributed by atoms with Gasteiger partial charge < -0.3 is 15.7 Å². The third-order valence-electron chi connectivity index (χ3n) is 2.63. The highest BCUT2D eigenvalue weighted by Crippen LogP contribution is 2.27. The van der Waals surface area contributed by atoms with Gasteiger partial charge in [0.25, 0.3) is 0 Å². The fourth-order valence-electron chi connectivity index (χ4n) is 1.82. The number of nitrogens with zero attached hydrogens (tertiary/aromatic N) is 3. The van der Waals surface area contributed by atoms with E-state index in [-0.39, 0.29) is 10.7 Å². The van der Waals surface area contributed by atoms with Gasteiger partial charge in [0.15, 0.2) is 5.82 Å². The van der Waals surface area contributed by atoms with Crippen LogP contribution in [0.1, 0.15) is 12.6 Å². The summed E-state index contributed by atoms with van der Waals surface area (Å²) in [6.07, 6.45) is 3.14. The molecule has 1 heterocycles. The molecule has 0 saturated carbocycles. The van der Waals surface area contributed by atoms with Crippen molar-refractivity contribution in [3.8, 4) is 5.75 Å². The van der Waals surface area contributed by atoms with Gasteiger partial charge in [-0.15, -0.1) is 0 Å². The smallest absolute Gasteiger partial charge is 0.162 e. The van der Waals surface area contributed by atoms with E-state index in [0.29, 0.717) is 18.1 Å². The average Bonchev–Trinajstić information content (AvgIpc) is 2.40. The van der Waals surface area contributed by atoms with Crippen molar-refractivity contribution in [2.75, 3.05) is 11.4 Å². The van der Waals surface area contributed by atoms with E-state index in [9.17, 15) is 5.11 Å². The molecule has 2 rings (SSSR count). The van der Waals surface area contributed by atoms with Crippen molar-refractivity contribution < 1.29 is 5.11 Å². The largest absolute Gasteiger partial charge is 0.508 e. The number of anilines is 2. The van der Waals surface area contributed by atoms with Crippen LogP contribution in [-0.4, -0.2) is 26.6 Å². The number of rotatable bonds is 4. The lowest BCUT2D eigenvalue weighted by molar-refractivity contribution is 0.475. The molecule has 0 atom stereocenters. The predicted octanol–water partition coefficient (Wildman–Crippen LogP) is 1.97. The van der Waals surface area contributed by atoms with E-state index in [1.165, 1.54) is 0 Å². The van der Waals surface area contributed by atoms with E-state index in [0.717, 1.165) is 5.69 Å². The van der Waals surface area contributed by atoms with Crippen molar-refractivity contribution in [3.63, 3.8) is 0 Å². The highest BCUT2D eigenvalue weighted by Gasteiger charge is 2.16. The molecule has 19 heavy (non-hydrogen) atoms. The summed E-state index contributed by atoms with van der Waals surface area (Å²) in [4.78, 5) is 10.5. The van der Waals surface area contributed by atoms with E-state index in [4.69, 9.17) is 18.0 Å². The number of aromatic hydroxyl groups is 1. The first kappa shape index (κ1) is 13.2. The first-order chi connectivity index (χ1) is 9.13. The molecule has 0 spiro atoms. The van der Waals surface area contributed by atoms with Crippen molar-refractivity contribution in [2.45, 2.75) is 6.92 Å². The normalized spacial score (nSPS) is 10.2. The molecule has 0 aliphatic heterocycles. The quantitative estimate of drug-likeness (QED) is 0.830. The lowest BCUT2D eigenvalue weighted by Crippen LogP contribution is -2.23. The Kier molecular flexibility index (Phi) is 3.91. The molecule has 2 aromatic rings. The zero-order chi connectivity index (χ0) is 13.8. The lowest BCUT2D eigenvalue weighted by atomic mass is 10.2. The van der Waals surface area contributed by atoms with Crippen molar-refractivity contribution in [2.24, 2.45) is 5.73 Å². The molecule has 0 fully saturated rings. The summed E-state index contributed by atoms with van der Waals surface area (Å²) in [5.41, 5.74) is 6.95. The SMILES string of the molecule is CCN(c1cccc(O)c1)c1nccnc1C(N)=S. The number of phenols is 1. The molecule has 0 unspecified atom stereocenters. The van der Waals surface area contributed by atoms with Crippen LogP contribution in [0.4, 0.5) is 11.5 Å². The number of nitrogens with two attached hydrogens (primary N) is 1. The van der Waals surface area contributed by atoms with Gasteiger partial charge in [0.1, 0.15) is 16.4 Å². The summed E-state index contributed by atoms with van der Waals surface area (Å²) >= 11 is 4.99. The van der Waals surface area contributed by atoms with Gasteiger partial charge >= 0.3 is 0 Å². The third kappa shape index (κ3) is 2.79. The van der Waals surface area contributed by atoms with Crippen LogP contribution in [-0.2, 0) is 0 Å². The molecule has 0 bridgehead atoms. The molecule has 3 N–H and O–H groups in total. The molecule has 5 nitrogen and oxygen atoms in total. The van der Waals surface area contributed by atoms with E-state index in [1.54, 1.807) is 30.6 Å². The molecule has 0 aliphatic carbocycles. The van der Waals surface area contributed by atoms with Crippen molar-refractivity contribution >= 4 is 28.7 Å². The number of phenolic OH excluding ortho intramolecular Hbond substituents is 1. The molecule has 1 aromatic heterocycles. The van der Waals surface area contributed by atoms with Crippen molar-refractivity contribution in [1.82, 2.24) is 9.97 Å². The second-order valence-corrected chi connectivity index (χ2v) is 4.30. The minimum atomic E-state index is 0.191. The van der Waals surface area contributed by atoms with Gasteiger partial charge in [-0.1, -0.05) is 18.3 Å². The lowest BCUT2D eigenvalue weighted by Gasteiger charge is -2.23. The summed E-state index contributed by atoms with van der Waals surface area (Å²) < 4.78 is 0. The Morgan fingerprint density at radius 1 is 1.37 bits per heavy atom. The summed E-state index contributed by atoms with van der Waals surface area (Å²) in [5, 5.41) is 9.57. The number of aromatic nitrogens is 2. The Balaban J connectivity index is 2.51. The average molecular weight is 274 g/mol. The first-order valence-corrected chi connectivity index (χ1v) is 6.21. The first-order valence-electron chi connectivity index (χ1n) is 5.81. The fourth-order valence-corrected chi connectivity index (χ4v) is 1.96. The number of thiocarbonyl (C=S) groups is 1. The van der Waals surface area contributed by atoms with Crippen LogP contribution in [0.3, 0.4) is 0 Å². The Hall–Kier alpha value is -2.21. The van der Waals surface area contributed by atoms with Crippen LogP contribution in [0.5, 0.6) is 5.75 Å². The molecular weight excluding hydrogens is 260 g/mol. The van der Waals surface area contributed by atoms with Crippen LogP contribution >= 0.6 is 12.2 Å². The monoisotopic (exact) mass is 274 g/mol. The van der Waals surface area contributed by atoms with Gasteiger partial charge in [0.05, 0.1) is 0 Å². The maximum atomic E-state index is 9.57. The van der Waals surface area contributed by atoms with Crippen molar-refractivity contribution in [3.05, 3.63) is 42.4 Å². The van der Waals surface area contributed by atoms with E-state index >= 15 is 0 Å². The second kappa shape index (κ2) is 5.62. The minimum Gasteiger partial charge on any atom is -0.508 e. The maximum absolute atomic E-state index is 9.57. The van der Waals surface area contributed by atoms with E-state index < -0.39 is 0 Å². The Bertz CT molecular complexity index is 603. The van der Waals surface area contributed by atoms with Crippen LogP contribution in [0.25, 0.3) is 0 Å². The van der Waals surface area contributed by atoms with Crippen LogP contribution < -0.4 is 10.6 Å². The molecular formula is C13H14N4OS. The fraction of sp³-hybridized carbons (Fsp3) is 0.154. The van der Waals surface area contributed by atoms with Gasteiger partial charge in [-0.3, -0.25) is 0 Å². The number of benzene rings is 1. The highest BCUT2D eigenvalue weighted by molar-refractivity contribution is 7.80. The zero-order valence-corrected chi connectivity index (χ0v) is 11.3. The standard InChI is InChI=1S/C13H14N4OS/c1-2-17(9-4-3-5-10(18)8-9)13-11(12(14)19)15-6-7-16-13/h3-8,18H,2H2,1H3,(H2,14,19). The van der Waals surface area contributed by atoms with Gasteiger partial charge in [-0.25, -0.2) is 9.97 Å². The second-order valence-electron chi connectivity index (χ2n) is 3.86. The molecule has 1 aromatic carbocycles. The molecule has 0 amide bonds. The molecule has 98 valence electrons. The molecule has 0 radical (unpaired) electrons. The minimum absolute atomic E-state index is 0.191. The Morgan fingerprint density at radius 2 is 2.11 bits per heavy atom. The van der Waals surface area contributed by atoms with Crippen LogP contribution in [0.2, 0.25) is 0 Å². The van der Waals surface area contributed by atoms with Crippen molar-refractivity contribution in [1.29, 1.82) is 0 Å². The Labute approximate surface area is 116 Å². The summed E-state index contributed by atoms with van der Waals surface area (Å²) in [6.45, 7) is 2.62. The third-order valence-corrected chi connectivity index (χ3v) is 2.82. The van der Waals surface area contributed by atoms with Gasteiger partial charge in [0, 0.05) is 30.7 Å². The van der Waals surface area contributed by atoms with Crippen LogP contribution in [0.15, 0.2) is 36.7 Å². The summed E-state index contributed by atoms with van der Waals surface area (Å²) in [5.74, 6) is 0.778. The number of hydrogen-bond donors (Lipinski definition) is 2. The van der Waals surface area contributed by atoms with Gasteiger partial charge in [0.2, 0.25) is 0 Å². The Morgan fingerprint density at radius 3 is 2.74 bits per heavy atom. The molecule has 0 aliphatic rings. The molecule has 0 saturated heterocycles. The summed E-state index contributed by atoms with van der Waals surface area (Å²) in [7, 11) is 0. The van der Waals surface area contributed by atoms with Gasteiger partial charge in [-0.2, -0.15) is 0 Å². The maximum Gasteiger partial charge on any atom is 0.162 e. The highest BCUT2D eigenvalue weighted by atomic mass is 32.1. The topological polar surface area (TPSA) is 75.3 Å². The van der Waals surface area contributed by atoms with Gasteiger partial charge in [-0.05, 0) is 19.1 Å². The number of hydrogen-bond acceptors (Lipinski definition) is 5. The van der Waals surface area contributed by atoms with E-state index in [1.807, 2.05) is 17.9 Å². The van der Waals surface area contributed by atoms with E-state index in [2.05, 4.69) is 9.97 Å².